The Morgan fingerprint density at radius 2 is 1.89 bits per heavy atom. The highest BCUT2D eigenvalue weighted by atomic mass is 32.1. The van der Waals surface area contributed by atoms with E-state index < -0.39 is 0 Å². The fraction of sp³-hybridized carbons (Fsp3) is 0.476. The number of hydrogen-bond acceptors (Lipinski definition) is 4. The molecular formula is C21H31N5OS. The minimum Gasteiger partial charge on any atom is -0.357 e. The largest absolute Gasteiger partial charge is 0.357 e. The van der Waals surface area contributed by atoms with Crippen LogP contribution in [-0.4, -0.2) is 29.4 Å². The highest BCUT2D eigenvalue weighted by Gasteiger charge is 2.08. The molecule has 2 rings (SSSR count). The predicted molar refractivity (Wildman–Crippen MR) is 117 cm³/mol. The van der Waals surface area contributed by atoms with Gasteiger partial charge in [0.05, 0.1) is 23.8 Å². The van der Waals surface area contributed by atoms with Crippen molar-refractivity contribution in [3.05, 3.63) is 51.0 Å². The van der Waals surface area contributed by atoms with Crippen LogP contribution in [0.1, 0.15) is 58.7 Å². The van der Waals surface area contributed by atoms with Crippen molar-refractivity contribution in [3.8, 4) is 0 Å². The minimum absolute atomic E-state index is 0.0328. The Balaban J connectivity index is 1.96. The van der Waals surface area contributed by atoms with Crippen molar-refractivity contribution in [2.45, 2.75) is 60.2 Å². The van der Waals surface area contributed by atoms with Crippen molar-refractivity contribution < 1.29 is 4.79 Å². The van der Waals surface area contributed by atoms with E-state index >= 15 is 0 Å². The molecule has 0 radical (unpaired) electrons. The van der Waals surface area contributed by atoms with Crippen molar-refractivity contribution in [2.75, 3.05) is 6.54 Å². The van der Waals surface area contributed by atoms with Crippen molar-refractivity contribution >= 4 is 23.2 Å². The molecular weight excluding hydrogens is 370 g/mol. The fourth-order valence-electron chi connectivity index (χ4n) is 2.58. The summed E-state index contributed by atoms with van der Waals surface area (Å²) in [6, 6.07) is 7.79. The van der Waals surface area contributed by atoms with Crippen LogP contribution in [0.4, 0.5) is 0 Å². The highest BCUT2D eigenvalue weighted by molar-refractivity contribution is 7.11. The number of thiazole rings is 1. The normalized spacial score (nSPS) is 12.5. The molecule has 1 aromatic heterocycles. The first kappa shape index (κ1) is 21.9. The number of nitrogens with one attached hydrogen (secondary N) is 3. The number of aromatic nitrogens is 1. The van der Waals surface area contributed by atoms with Crippen LogP contribution in [-0.2, 0) is 13.1 Å². The molecule has 0 aliphatic rings. The first-order chi connectivity index (χ1) is 13.4. The second kappa shape index (κ2) is 10.8. The molecule has 6 nitrogen and oxygen atoms in total. The summed E-state index contributed by atoms with van der Waals surface area (Å²) in [4.78, 5) is 22.5. The Hall–Kier alpha value is -2.41. The van der Waals surface area contributed by atoms with Gasteiger partial charge in [0.25, 0.3) is 5.91 Å². The number of carbonyl (C=O) groups is 1. The van der Waals surface area contributed by atoms with Gasteiger partial charge in [0.1, 0.15) is 0 Å². The number of amides is 1. The number of guanidine groups is 1. The van der Waals surface area contributed by atoms with Gasteiger partial charge in [0.2, 0.25) is 0 Å². The maximum Gasteiger partial charge on any atom is 0.251 e. The Kier molecular flexibility index (Phi) is 8.44. The summed E-state index contributed by atoms with van der Waals surface area (Å²) in [5, 5.41) is 10.7. The van der Waals surface area contributed by atoms with E-state index in [9.17, 15) is 4.79 Å². The van der Waals surface area contributed by atoms with E-state index in [1.54, 1.807) is 11.3 Å². The number of rotatable bonds is 8. The van der Waals surface area contributed by atoms with Crippen LogP contribution in [0.25, 0.3) is 0 Å². The molecule has 0 aliphatic heterocycles. The van der Waals surface area contributed by atoms with Gasteiger partial charge in [-0.25, -0.2) is 9.98 Å². The predicted octanol–water partition coefficient (Wildman–Crippen LogP) is 3.54. The third-order valence-electron chi connectivity index (χ3n) is 4.39. The monoisotopic (exact) mass is 401 g/mol. The van der Waals surface area contributed by atoms with Crippen LogP contribution in [0, 0.1) is 13.8 Å². The molecule has 1 unspecified atom stereocenters. The van der Waals surface area contributed by atoms with E-state index in [0.717, 1.165) is 35.2 Å². The molecule has 0 spiro atoms. The lowest BCUT2D eigenvalue weighted by molar-refractivity contribution is 0.0939. The van der Waals surface area contributed by atoms with Crippen molar-refractivity contribution in [1.29, 1.82) is 0 Å². The molecule has 1 amide bonds. The third-order valence-corrected chi connectivity index (χ3v) is 5.46. The summed E-state index contributed by atoms with van der Waals surface area (Å²) in [6.07, 6.45) is 0.916. The van der Waals surface area contributed by atoms with Gasteiger partial charge >= 0.3 is 0 Å². The first-order valence-corrected chi connectivity index (χ1v) is 10.6. The maximum atomic E-state index is 12.2. The average molecular weight is 402 g/mol. The Bertz CT molecular complexity index is 798. The van der Waals surface area contributed by atoms with E-state index in [4.69, 9.17) is 0 Å². The summed E-state index contributed by atoms with van der Waals surface area (Å²) in [5.41, 5.74) is 2.80. The fourth-order valence-corrected chi connectivity index (χ4v) is 3.46. The Morgan fingerprint density at radius 3 is 2.46 bits per heavy atom. The quantitative estimate of drug-likeness (QED) is 0.467. The van der Waals surface area contributed by atoms with Crippen molar-refractivity contribution in [1.82, 2.24) is 20.9 Å². The number of benzene rings is 1. The summed E-state index contributed by atoms with van der Waals surface area (Å²) >= 11 is 1.70. The maximum absolute atomic E-state index is 12.2. The summed E-state index contributed by atoms with van der Waals surface area (Å²) in [6.45, 7) is 12.2. The van der Waals surface area contributed by atoms with Gasteiger partial charge in [-0.2, -0.15) is 0 Å². The van der Waals surface area contributed by atoms with Crippen LogP contribution in [0.15, 0.2) is 29.3 Å². The van der Waals surface area contributed by atoms with E-state index in [2.05, 4.69) is 32.9 Å². The molecule has 1 heterocycles. The number of nitrogens with zero attached hydrogens (tertiary/aromatic N) is 2. The number of hydrogen-bond donors (Lipinski definition) is 3. The van der Waals surface area contributed by atoms with E-state index in [-0.39, 0.29) is 11.9 Å². The number of aryl methyl sites for hydroxylation is 2. The summed E-state index contributed by atoms with van der Waals surface area (Å²) in [7, 11) is 0. The molecule has 0 fully saturated rings. The SMILES string of the molecule is CCNC(=NCc1ccc(C(=O)NC(C)CC)cc1)NCc1sc(C)nc1C. The average Bonchev–Trinajstić information content (AvgIpc) is 3.01. The zero-order valence-corrected chi connectivity index (χ0v) is 18.2. The molecule has 152 valence electrons. The second-order valence-electron chi connectivity index (χ2n) is 6.77. The van der Waals surface area contributed by atoms with Gasteiger partial charge in [-0.1, -0.05) is 19.1 Å². The summed E-state index contributed by atoms with van der Waals surface area (Å²) < 4.78 is 0. The van der Waals surface area contributed by atoms with Crippen molar-refractivity contribution in [3.63, 3.8) is 0 Å². The standard InChI is InChI=1S/C21H31N5OS/c1-6-14(3)25-20(27)18-10-8-17(9-11-18)12-23-21(22-7-2)24-13-19-15(4)26-16(5)28-19/h8-11,14H,6-7,12-13H2,1-5H3,(H,25,27)(H2,22,23,24). The molecule has 2 aromatic rings. The van der Waals surface area contributed by atoms with E-state index in [1.807, 2.05) is 52.0 Å². The molecule has 1 atom stereocenters. The van der Waals surface area contributed by atoms with Crippen molar-refractivity contribution in [2.24, 2.45) is 4.99 Å². The lowest BCUT2D eigenvalue weighted by Gasteiger charge is -2.12. The lowest BCUT2D eigenvalue weighted by Crippen LogP contribution is -2.36. The van der Waals surface area contributed by atoms with Crippen LogP contribution < -0.4 is 16.0 Å². The highest BCUT2D eigenvalue weighted by Crippen LogP contribution is 2.16. The molecule has 3 N–H and O–H groups in total. The number of aliphatic imine (C=N–C) groups is 1. The minimum atomic E-state index is -0.0328. The molecule has 0 saturated carbocycles. The second-order valence-corrected chi connectivity index (χ2v) is 8.06. The smallest absolute Gasteiger partial charge is 0.251 e. The molecule has 0 saturated heterocycles. The lowest BCUT2D eigenvalue weighted by atomic mass is 10.1. The number of carbonyl (C=O) groups excluding carboxylic acids is 1. The van der Waals surface area contributed by atoms with E-state index in [1.165, 1.54) is 4.88 Å². The Morgan fingerprint density at radius 1 is 1.18 bits per heavy atom. The van der Waals surface area contributed by atoms with Gasteiger partial charge in [-0.05, 0) is 51.8 Å². The van der Waals surface area contributed by atoms with Gasteiger partial charge in [-0.3, -0.25) is 4.79 Å². The van der Waals surface area contributed by atoms with E-state index in [0.29, 0.717) is 18.7 Å². The molecule has 28 heavy (non-hydrogen) atoms. The molecule has 0 bridgehead atoms. The van der Waals surface area contributed by atoms with Gasteiger partial charge in [-0.15, -0.1) is 11.3 Å². The zero-order valence-electron chi connectivity index (χ0n) is 17.4. The zero-order chi connectivity index (χ0) is 20.5. The third kappa shape index (κ3) is 6.64. The van der Waals surface area contributed by atoms with Crippen LogP contribution in [0.3, 0.4) is 0 Å². The van der Waals surface area contributed by atoms with Crippen LogP contribution in [0.2, 0.25) is 0 Å². The first-order valence-electron chi connectivity index (χ1n) is 9.77. The molecule has 7 heteroatoms. The van der Waals surface area contributed by atoms with Crippen LogP contribution >= 0.6 is 11.3 Å². The molecule has 1 aromatic carbocycles. The summed E-state index contributed by atoms with van der Waals surface area (Å²) in [5.74, 6) is 0.737. The molecule has 0 aliphatic carbocycles. The Labute approximate surface area is 171 Å². The van der Waals surface area contributed by atoms with Gasteiger partial charge in [0, 0.05) is 23.0 Å². The van der Waals surface area contributed by atoms with Gasteiger partial charge in [0.15, 0.2) is 5.96 Å². The van der Waals surface area contributed by atoms with Gasteiger partial charge < -0.3 is 16.0 Å². The topological polar surface area (TPSA) is 78.4 Å². The van der Waals surface area contributed by atoms with Crippen LogP contribution in [0.5, 0.6) is 0 Å².